The third-order valence-corrected chi connectivity index (χ3v) is 8.38. The molecule has 1 aromatic rings. The average Bonchev–Trinajstić information content (AvgIpc) is 3.45. The standard InChI is InChI=1S/C22H31N3O5S3/c1-3-4-11-24-13-15-31-20(24)8-5-7-19-23(2)18(22(26)30-19)9-10-21-25(14-16-32-21)12-6-17-33(27,28)29/h5,7-10H,3-4,6,11-17H2,1-2H3/p+1/b18-9+,21-10+. The van der Waals surface area contributed by atoms with Crippen molar-refractivity contribution in [1.29, 1.82) is 0 Å². The van der Waals surface area contributed by atoms with Crippen molar-refractivity contribution in [2.45, 2.75) is 26.2 Å². The van der Waals surface area contributed by atoms with Crippen LogP contribution in [0.15, 0.2) is 32.5 Å². The van der Waals surface area contributed by atoms with Crippen molar-refractivity contribution in [2.75, 3.05) is 43.4 Å². The van der Waals surface area contributed by atoms with Gasteiger partial charge in [0.05, 0.1) is 16.5 Å². The molecule has 0 aromatic carbocycles. The van der Waals surface area contributed by atoms with E-state index in [2.05, 4.69) is 22.5 Å². The summed E-state index contributed by atoms with van der Waals surface area (Å²) in [6.45, 7) is 5.67. The van der Waals surface area contributed by atoms with Crippen molar-refractivity contribution in [3.63, 3.8) is 0 Å². The Balaban J connectivity index is 1.75. The molecule has 2 aliphatic heterocycles. The summed E-state index contributed by atoms with van der Waals surface area (Å²) in [5.74, 6) is 1.73. The fourth-order valence-corrected chi connectivity index (χ4v) is 6.23. The molecule has 0 amide bonds. The second-order valence-corrected chi connectivity index (χ2v) is 11.7. The van der Waals surface area contributed by atoms with Gasteiger partial charge in [-0.05, 0) is 30.7 Å². The highest BCUT2D eigenvalue weighted by atomic mass is 32.2. The number of hydrogen-bond acceptors (Lipinski definition) is 7. The minimum absolute atomic E-state index is 0.257. The van der Waals surface area contributed by atoms with E-state index in [0.717, 1.165) is 36.2 Å². The molecule has 1 fully saturated rings. The zero-order chi connectivity index (χ0) is 23.8. The van der Waals surface area contributed by atoms with E-state index in [0.29, 0.717) is 23.9 Å². The lowest BCUT2D eigenvalue weighted by Gasteiger charge is -2.17. The minimum Gasteiger partial charge on any atom is -0.405 e. The van der Waals surface area contributed by atoms with E-state index in [-0.39, 0.29) is 5.75 Å². The number of allylic oxidation sites excluding steroid dienone is 2. The molecule has 0 unspecified atom stereocenters. The highest BCUT2D eigenvalue weighted by molar-refractivity contribution is 8.14. The number of nitrogens with zero attached hydrogens (tertiary/aromatic N) is 3. The van der Waals surface area contributed by atoms with Gasteiger partial charge in [0.15, 0.2) is 6.54 Å². The maximum atomic E-state index is 12.4. The molecule has 0 radical (unpaired) electrons. The van der Waals surface area contributed by atoms with E-state index < -0.39 is 15.7 Å². The van der Waals surface area contributed by atoms with Gasteiger partial charge in [-0.15, -0.1) is 11.8 Å². The molecule has 2 aliphatic rings. The van der Waals surface area contributed by atoms with Gasteiger partial charge in [0.1, 0.15) is 11.9 Å². The van der Waals surface area contributed by atoms with Gasteiger partial charge in [-0.3, -0.25) is 4.55 Å². The van der Waals surface area contributed by atoms with Crippen molar-refractivity contribution in [2.24, 2.45) is 7.05 Å². The van der Waals surface area contributed by atoms with Gasteiger partial charge < -0.3 is 13.9 Å². The van der Waals surface area contributed by atoms with Gasteiger partial charge in [0.2, 0.25) is 10.6 Å². The Kier molecular flexibility index (Phi) is 9.54. The van der Waals surface area contributed by atoms with E-state index in [4.69, 9.17) is 8.97 Å². The first-order chi connectivity index (χ1) is 15.8. The van der Waals surface area contributed by atoms with Crippen molar-refractivity contribution in [3.8, 4) is 0 Å². The third kappa shape index (κ3) is 7.66. The molecule has 3 heterocycles. The molecule has 11 heteroatoms. The van der Waals surface area contributed by atoms with Crippen LogP contribution < -0.4 is 16.5 Å². The molecule has 0 saturated carbocycles. The van der Waals surface area contributed by atoms with Gasteiger partial charge in [-0.25, -0.2) is 9.37 Å². The molecule has 1 aromatic heterocycles. The van der Waals surface area contributed by atoms with Crippen LogP contribution in [-0.4, -0.2) is 75.5 Å². The Morgan fingerprint density at radius 3 is 2.76 bits per heavy atom. The van der Waals surface area contributed by atoms with Crippen LogP contribution in [0.4, 0.5) is 0 Å². The Bertz CT molecular complexity index is 1210. The molecule has 182 valence electrons. The van der Waals surface area contributed by atoms with Gasteiger partial charge in [0.25, 0.3) is 10.1 Å². The summed E-state index contributed by atoms with van der Waals surface area (Å²) in [5, 5.41) is 2.67. The van der Waals surface area contributed by atoms with Crippen LogP contribution in [0.2, 0.25) is 0 Å². The summed E-state index contributed by atoms with van der Waals surface area (Å²) in [5.41, 5.74) is 0.0797. The molecule has 0 bridgehead atoms. The molecule has 0 aliphatic carbocycles. The second-order valence-electron chi connectivity index (χ2n) is 7.87. The Hall–Kier alpha value is -1.69. The van der Waals surface area contributed by atoms with Gasteiger partial charge >= 0.3 is 5.63 Å². The first-order valence-corrected chi connectivity index (χ1v) is 14.7. The fourth-order valence-electron chi connectivity index (χ4n) is 3.62. The smallest absolute Gasteiger partial charge is 0.361 e. The lowest BCUT2D eigenvalue weighted by molar-refractivity contribution is -0.517. The number of hydrogen-bond donors (Lipinski definition) is 1. The monoisotopic (exact) mass is 514 g/mol. The predicted octanol–water partition coefficient (Wildman–Crippen LogP) is 1.22. The van der Waals surface area contributed by atoms with Crippen LogP contribution in [0.3, 0.4) is 0 Å². The lowest BCUT2D eigenvalue weighted by atomic mass is 10.3. The summed E-state index contributed by atoms with van der Waals surface area (Å²) in [7, 11) is -2.15. The van der Waals surface area contributed by atoms with Crippen molar-refractivity contribution < 1.29 is 22.0 Å². The molecular formula is C22H32N3O5S3+. The summed E-state index contributed by atoms with van der Waals surface area (Å²) in [4.78, 5) is 14.5. The predicted molar refractivity (Wildman–Crippen MR) is 137 cm³/mol. The summed E-state index contributed by atoms with van der Waals surface area (Å²) in [6.07, 6.45) is 12.1. The zero-order valence-electron chi connectivity index (χ0n) is 19.1. The molecule has 0 atom stereocenters. The Morgan fingerprint density at radius 1 is 1.18 bits per heavy atom. The van der Waals surface area contributed by atoms with E-state index in [9.17, 15) is 13.2 Å². The molecule has 1 saturated heterocycles. The summed E-state index contributed by atoms with van der Waals surface area (Å²) in [6, 6.07) is 0. The van der Waals surface area contributed by atoms with Crippen molar-refractivity contribution >= 4 is 50.8 Å². The van der Waals surface area contributed by atoms with E-state index in [1.807, 2.05) is 30.0 Å². The first-order valence-electron chi connectivity index (χ1n) is 11.1. The maximum absolute atomic E-state index is 12.4. The Labute approximate surface area is 203 Å². The number of aromatic nitrogens is 1. The van der Waals surface area contributed by atoms with E-state index >= 15 is 0 Å². The molecule has 1 N–H and O–H groups in total. The highest BCUT2D eigenvalue weighted by Gasteiger charge is 2.20. The second kappa shape index (κ2) is 12.1. The van der Waals surface area contributed by atoms with Gasteiger partial charge in [-0.1, -0.05) is 25.1 Å². The molecule has 3 rings (SSSR count). The zero-order valence-corrected chi connectivity index (χ0v) is 21.6. The lowest BCUT2D eigenvalue weighted by Crippen LogP contribution is -2.29. The summed E-state index contributed by atoms with van der Waals surface area (Å²) < 4.78 is 40.3. The SMILES string of the molecule is CCCC[N+]1=C(/C=C/C=c2/oc(=O)/c(=C\C=C3\SCCN3CCCS(=O)(=O)O)n2C)SCC1. The number of unbranched alkanes of at least 4 members (excludes halogenated alkanes) is 1. The largest absolute Gasteiger partial charge is 0.405 e. The van der Waals surface area contributed by atoms with Crippen LogP contribution in [0.5, 0.6) is 0 Å². The minimum atomic E-state index is -3.95. The number of rotatable bonds is 10. The van der Waals surface area contributed by atoms with Crippen LogP contribution in [0.1, 0.15) is 26.2 Å². The molecule has 8 nitrogen and oxygen atoms in total. The van der Waals surface area contributed by atoms with Crippen molar-refractivity contribution in [1.82, 2.24) is 9.47 Å². The van der Waals surface area contributed by atoms with Crippen LogP contribution >= 0.6 is 23.5 Å². The number of thioether (sulfide) groups is 2. The molecule has 0 spiro atoms. The Morgan fingerprint density at radius 2 is 2.00 bits per heavy atom. The van der Waals surface area contributed by atoms with Gasteiger partial charge in [-0.2, -0.15) is 8.42 Å². The van der Waals surface area contributed by atoms with Crippen LogP contribution in [0.25, 0.3) is 12.2 Å². The van der Waals surface area contributed by atoms with E-state index in [1.165, 1.54) is 17.9 Å². The highest BCUT2D eigenvalue weighted by Crippen LogP contribution is 2.27. The normalized spacial score (nSPS) is 19.8. The quantitative estimate of drug-likeness (QED) is 0.368. The third-order valence-electron chi connectivity index (χ3n) is 5.42. The van der Waals surface area contributed by atoms with Crippen molar-refractivity contribution in [3.05, 3.63) is 44.6 Å². The van der Waals surface area contributed by atoms with Gasteiger partial charge in [0, 0.05) is 38.4 Å². The van der Waals surface area contributed by atoms with Crippen LogP contribution in [0, 0.1) is 0 Å². The summed E-state index contributed by atoms with van der Waals surface area (Å²) >= 11 is 3.50. The average molecular weight is 515 g/mol. The maximum Gasteiger partial charge on any atom is 0.361 e. The molecular weight excluding hydrogens is 482 g/mol. The van der Waals surface area contributed by atoms with E-state index in [1.54, 1.807) is 29.5 Å². The fraction of sp³-hybridized carbons (Fsp3) is 0.545. The number of oxazole rings is 1. The van der Waals surface area contributed by atoms with Crippen LogP contribution in [-0.2, 0) is 17.2 Å². The topological polar surface area (TPSA) is 95.8 Å². The molecule has 33 heavy (non-hydrogen) atoms. The first kappa shape index (κ1) is 25.9.